The molecule has 1 aromatic rings. The predicted octanol–water partition coefficient (Wildman–Crippen LogP) is 1.65. The molecule has 0 spiro atoms. The lowest BCUT2D eigenvalue weighted by Crippen LogP contribution is -2.21. The van der Waals surface area contributed by atoms with Gasteiger partial charge in [-0.1, -0.05) is 20.8 Å². The Morgan fingerprint density at radius 3 is 2.76 bits per heavy atom. The van der Waals surface area contributed by atoms with Crippen LogP contribution in [-0.4, -0.2) is 23.0 Å². The van der Waals surface area contributed by atoms with E-state index in [-0.39, 0.29) is 5.41 Å². The molecule has 0 amide bonds. The number of nitrogens with two attached hydrogens (primary N) is 1. The van der Waals surface area contributed by atoms with E-state index >= 15 is 0 Å². The van der Waals surface area contributed by atoms with Gasteiger partial charge in [-0.3, -0.25) is 4.68 Å². The van der Waals surface area contributed by atoms with Gasteiger partial charge in [0.05, 0.1) is 0 Å². The summed E-state index contributed by atoms with van der Waals surface area (Å²) in [5.41, 5.74) is 6.85. The molecule has 0 saturated heterocycles. The maximum atomic E-state index is 5.76. The van der Waals surface area contributed by atoms with Crippen molar-refractivity contribution >= 4 is 5.82 Å². The minimum Gasteiger partial charge on any atom is -0.494 e. The smallest absolute Gasteiger partial charge is 0.152 e. The molecule has 0 fully saturated rings. The van der Waals surface area contributed by atoms with Gasteiger partial charge in [-0.2, -0.15) is 5.10 Å². The Kier molecular flexibility index (Phi) is 3.00. The highest BCUT2D eigenvalue weighted by molar-refractivity contribution is 5.33. The van der Waals surface area contributed by atoms with E-state index in [1.54, 1.807) is 6.26 Å². The van der Waals surface area contributed by atoms with E-state index in [0.29, 0.717) is 25.6 Å². The molecule has 1 aliphatic rings. The van der Waals surface area contributed by atoms with E-state index in [4.69, 9.17) is 15.2 Å². The summed E-state index contributed by atoms with van der Waals surface area (Å²) >= 11 is 0. The van der Waals surface area contributed by atoms with Gasteiger partial charge < -0.3 is 15.2 Å². The number of rotatable bonds is 2. The van der Waals surface area contributed by atoms with Crippen molar-refractivity contribution in [3.8, 4) is 0 Å². The molecule has 2 N–H and O–H groups in total. The molecule has 0 aliphatic carbocycles. The van der Waals surface area contributed by atoms with Gasteiger partial charge in [0.1, 0.15) is 31.8 Å². The molecule has 0 radical (unpaired) electrons. The third-order valence-electron chi connectivity index (χ3n) is 2.58. The van der Waals surface area contributed by atoms with Crippen molar-refractivity contribution < 1.29 is 9.47 Å². The number of hydrogen-bond donors (Lipinski definition) is 1. The normalized spacial score (nSPS) is 16.1. The van der Waals surface area contributed by atoms with Crippen molar-refractivity contribution in [1.29, 1.82) is 0 Å². The Morgan fingerprint density at radius 1 is 1.41 bits per heavy atom. The molecule has 1 aliphatic heterocycles. The summed E-state index contributed by atoms with van der Waals surface area (Å²) in [5, 5.41) is 4.29. The van der Waals surface area contributed by atoms with Crippen LogP contribution in [0.2, 0.25) is 0 Å². The first-order valence-electron chi connectivity index (χ1n) is 5.74. The zero-order valence-electron chi connectivity index (χ0n) is 10.6. The number of nitrogens with zero attached hydrogens (tertiary/aromatic N) is 2. The summed E-state index contributed by atoms with van der Waals surface area (Å²) in [7, 11) is 0. The Bertz CT molecular complexity index is 429. The van der Waals surface area contributed by atoms with E-state index in [1.807, 2.05) is 10.7 Å². The van der Waals surface area contributed by atoms with Crippen LogP contribution in [0.25, 0.3) is 0 Å². The van der Waals surface area contributed by atoms with E-state index < -0.39 is 0 Å². The first kappa shape index (κ1) is 11.8. The molecule has 0 unspecified atom stereocenters. The lowest BCUT2D eigenvalue weighted by Gasteiger charge is -2.22. The van der Waals surface area contributed by atoms with Crippen molar-refractivity contribution in [2.45, 2.75) is 32.7 Å². The molecule has 2 heterocycles. The Morgan fingerprint density at radius 2 is 2.18 bits per heavy atom. The van der Waals surface area contributed by atoms with Crippen LogP contribution in [0.3, 0.4) is 0 Å². The second-order valence-corrected chi connectivity index (χ2v) is 5.17. The summed E-state index contributed by atoms with van der Waals surface area (Å²) in [6, 6.07) is 1.91. The highest BCUT2D eigenvalue weighted by Gasteiger charge is 2.21. The number of anilines is 1. The first-order valence-corrected chi connectivity index (χ1v) is 5.74. The van der Waals surface area contributed by atoms with Gasteiger partial charge in [0.15, 0.2) is 5.76 Å². The van der Waals surface area contributed by atoms with Gasteiger partial charge in [0.25, 0.3) is 0 Å². The molecule has 0 saturated carbocycles. The number of hydrogen-bond acceptors (Lipinski definition) is 4. The molecule has 5 nitrogen and oxygen atoms in total. The number of nitrogen functional groups attached to an aromatic ring is 1. The van der Waals surface area contributed by atoms with E-state index in [2.05, 4.69) is 25.9 Å². The molecule has 94 valence electrons. The number of allylic oxidation sites excluding steroid dienone is 1. The zero-order valence-corrected chi connectivity index (χ0v) is 10.6. The third kappa shape index (κ3) is 2.72. The van der Waals surface area contributed by atoms with Crippen LogP contribution in [0.4, 0.5) is 5.82 Å². The van der Waals surface area contributed by atoms with Crippen LogP contribution in [0, 0.1) is 0 Å². The summed E-state index contributed by atoms with van der Waals surface area (Å²) in [6.07, 6.45) is 1.65. The highest BCUT2D eigenvalue weighted by atomic mass is 16.6. The Balaban J connectivity index is 2.23. The van der Waals surface area contributed by atoms with Gasteiger partial charge >= 0.3 is 0 Å². The summed E-state index contributed by atoms with van der Waals surface area (Å²) in [5.74, 6) is 1.32. The van der Waals surface area contributed by atoms with Crippen LogP contribution >= 0.6 is 0 Å². The molecule has 0 atom stereocenters. The average molecular weight is 237 g/mol. The number of aromatic nitrogens is 2. The third-order valence-corrected chi connectivity index (χ3v) is 2.58. The molecule has 17 heavy (non-hydrogen) atoms. The first-order chi connectivity index (χ1) is 7.97. The second-order valence-electron chi connectivity index (χ2n) is 5.17. The maximum Gasteiger partial charge on any atom is 0.152 e. The summed E-state index contributed by atoms with van der Waals surface area (Å²) in [4.78, 5) is 0. The van der Waals surface area contributed by atoms with Crippen molar-refractivity contribution in [2.24, 2.45) is 0 Å². The number of ether oxygens (including phenoxy) is 2. The zero-order chi connectivity index (χ0) is 12.5. The summed E-state index contributed by atoms with van der Waals surface area (Å²) < 4.78 is 12.6. The predicted molar refractivity (Wildman–Crippen MR) is 65.3 cm³/mol. The van der Waals surface area contributed by atoms with Crippen molar-refractivity contribution in [3.63, 3.8) is 0 Å². The maximum absolute atomic E-state index is 5.76. The van der Waals surface area contributed by atoms with Crippen LogP contribution in [0.5, 0.6) is 0 Å². The van der Waals surface area contributed by atoms with Gasteiger partial charge in [0, 0.05) is 17.2 Å². The molecule has 2 rings (SSSR count). The second kappa shape index (κ2) is 4.31. The molecule has 0 bridgehead atoms. The standard InChI is InChI=1S/C12H19N3O2/c1-12(2,3)10-6-11(13)14-15(10)7-9-8-16-4-5-17-9/h6,8H,4-5,7H2,1-3H3,(H2,13,14). The molecule has 1 aromatic heterocycles. The Hall–Kier alpha value is -1.65. The van der Waals surface area contributed by atoms with Gasteiger partial charge in [-0.25, -0.2) is 0 Å². The largest absolute Gasteiger partial charge is 0.494 e. The van der Waals surface area contributed by atoms with E-state index in [9.17, 15) is 0 Å². The van der Waals surface area contributed by atoms with Gasteiger partial charge in [-0.05, 0) is 0 Å². The van der Waals surface area contributed by atoms with Crippen molar-refractivity contribution in [3.05, 3.63) is 23.8 Å². The monoisotopic (exact) mass is 237 g/mol. The molecular weight excluding hydrogens is 218 g/mol. The minimum atomic E-state index is 0.000698. The molecule has 0 aromatic carbocycles. The lowest BCUT2D eigenvalue weighted by molar-refractivity contribution is 0.0756. The molecule has 5 heteroatoms. The van der Waals surface area contributed by atoms with E-state index in [0.717, 1.165) is 11.5 Å². The highest BCUT2D eigenvalue weighted by Crippen LogP contribution is 2.24. The van der Waals surface area contributed by atoms with Gasteiger partial charge in [0.2, 0.25) is 0 Å². The summed E-state index contributed by atoms with van der Waals surface area (Å²) in [6.45, 7) is 8.15. The fourth-order valence-corrected chi connectivity index (χ4v) is 1.80. The van der Waals surface area contributed by atoms with Crippen LogP contribution in [-0.2, 0) is 21.4 Å². The quantitative estimate of drug-likeness (QED) is 0.849. The Labute approximate surface area is 101 Å². The minimum absolute atomic E-state index is 0.000698. The van der Waals surface area contributed by atoms with E-state index in [1.165, 1.54) is 0 Å². The van der Waals surface area contributed by atoms with Crippen LogP contribution in [0.15, 0.2) is 18.1 Å². The van der Waals surface area contributed by atoms with Crippen molar-refractivity contribution in [2.75, 3.05) is 18.9 Å². The van der Waals surface area contributed by atoms with Crippen LogP contribution in [0.1, 0.15) is 26.5 Å². The fourth-order valence-electron chi connectivity index (χ4n) is 1.80. The average Bonchev–Trinajstić information content (AvgIpc) is 2.60. The van der Waals surface area contributed by atoms with Crippen molar-refractivity contribution in [1.82, 2.24) is 9.78 Å². The van der Waals surface area contributed by atoms with Gasteiger partial charge in [-0.15, -0.1) is 0 Å². The van der Waals surface area contributed by atoms with Crippen LogP contribution < -0.4 is 5.73 Å². The topological polar surface area (TPSA) is 62.3 Å². The fraction of sp³-hybridized carbons (Fsp3) is 0.583. The molecular formula is C12H19N3O2. The lowest BCUT2D eigenvalue weighted by atomic mass is 9.92. The SMILES string of the molecule is CC(C)(C)c1cc(N)nn1CC1=COCCO1.